The maximum absolute atomic E-state index is 12.5. The number of carbonyl (C=O) groups excluding carboxylic acids is 1. The summed E-state index contributed by atoms with van der Waals surface area (Å²) in [4.78, 5) is 16.6. The number of H-pyrrole nitrogens is 1. The maximum Gasteiger partial charge on any atom is 0.256 e. The van der Waals surface area contributed by atoms with Crippen molar-refractivity contribution < 1.29 is 4.79 Å². The van der Waals surface area contributed by atoms with Crippen molar-refractivity contribution in [3.63, 3.8) is 0 Å². The Kier molecular flexibility index (Phi) is 3.18. The molecule has 0 atom stereocenters. The van der Waals surface area contributed by atoms with Crippen LogP contribution in [0.2, 0.25) is 0 Å². The zero-order valence-corrected chi connectivity index (χ0v) is 13.7. The molecule has 0 aliphatic carbocycles. The Morgan fingerprint density at radius 1 is 0.962 bits per heavy atom. The van der Waals surface area contributed by atoms with Crippen molar-refractivity contribution in [2.24, 2.45) is 0 Å². The van der Waals surface area contributed by atoms with E-state index in [0.717, 1.165) is 38.8 Å². The van der Waals surface area contributed by atoms with Crippen molar-refractivity contribution in [3.05, 3.63) is 78.2 Å². The summed E-state index contributed by atoms with van der Waals surface area (Å²) in [5, 5.41) is 11.0. The van der Waals surface area contributed by atoms with E-state index in [9.17, 15) is 4.79 Å². The maximum atomic E-state index is 12.5. The molecule has 0 fully saturated rings. The molecule has 0 bridgehead atoms. The Hall–Kier alpha value is -3.73. The van der Waals surface area contributed by atoms with Crippen molar-refractivity contribution in [2.75, 3.05) is 5.32 Å². The van der Waals surface area contributed by atoms with Gasteiger partial charge < -0.3 is 5.32 Å². The molecule has 4 aromatic rings. The van der Waals surface area contributed by atoms with Crippen LogP contribution < -0.4 is 5.32 Å². The fourth-order valence-corrected chi connectivity index (χ4v) is 3.26. The first kappa shape index (κ1) is 14.6. The van der Waals surface area contributed by atoms with E-state index in [4.69, 9.17) is 0 Å². The molecule has 5 nitrogen and oxygen atoms in total. The fraction of sp³-hybridized carbons (Fsp3) is 0. The minimum absolute atomic E-state index is 0.0898. The molecule has 5 heteroatoms. The normalized spacial score (nSPS) is 14.6. The van der Waals surface area contributed by atoms with Crippen molar-refractivity contribution in [1.29, 1.82) is 0 Å². The van der Waals surface area contributed by atoms with E-state index < -0.39 is 0 Å². The van der Waals surface area contributed by atoms with E-state index in [-0.39, 0.29) is 5.91 Å². The van der Waals surface area contributed by atoms with Crippen LogP contribution in [-0.4, -0.2) is 21.1 Å². The van der Waals surface area contributed by atoms with Crippen LogP contribution in [0.5, 0.6) is 0 Å². The third kappa shape index (κ3) is 2.38. The van der Waals surface area contributed by atoms with Crippen molar-refractivity contribution in [2.45, 2.75) is 0 Å². The average molecular weight is 338 g/mol. The summed E-state index contributed by atoms with van der Waals surface area (Å²) in [6, 6.07) is 15.9. The lowest BCUT2D eigenvalue weighted by molar-refractivity contribution is -0.110. The summed E-state index contributed by atoms with van der Waals surface area (Å²) in [5.74, 6) is -0.0898. The number of aromatic nitrogens is 3. The van der Waals surface area contributed by atoms with Gasteiger partial charge in [-0.3, -0.25) is 14.9 Å². The van der Waals surface area contributed by atoms with Gasteiger partial charge in [0.25, 0.3) is 5.91 Å². The number of pyridine rings is 1. The highest BCUT2D eigenvalue weighted by Crippen LogP contribution is 2.36. The molecule has 0 saturated carbocycles. The highest BCUT2D eigenvalue weighted by atomic mass is 16.2. The summed E-state index contributed by atoms with van der Waals surface area (Å²) in [5.41, 5.74) is 6.35. The molecular formula is C21H14N4O. The zero-order valence-electron chi connectivity index (χ0n) is 13.7. The van der Waals surface area contributed by atoms with Gasteiger partial charge in [-0.05, 0) is 35.4 Å². The van der Waals surface area contributed by atoms with Crippen LogP contribution in [-0.2, 0) is 4.79 Å². The van der Waals surface area contributed by atoms with E-state index in [1.807, 2.05) is 60.8 Å². The van der Waals surface area contributed by atoms with Gasteiger partial charge in [-0.15, -0.1) is 0 Å². The number of amides is 1. The SMILES string of the molecule is O=C1Nc2cc(-c3cccnc3)ccc2C1=Cc1ccc2cn[nH]c2c1. The second-order valence-electron chi connectivity index (χ2n) is 6.23. The predicted octanol–water partition coefficient (Wildman–Crippen LogP) is 4.12. The number of nitrogens with zero attached hydrogens (tertiary/aromatic N) is 2. The Morgan fingerprint density at radius 3 is 2.81 bits per heavy atom. The highest BCUT2D eigenvalue weighted by molar-refractivity contribution is 6.35. The second-order valence-corrected chi connectivity index (χ2v) is 6.23. The summed E-state index contributed by atoms with van der Waals surface area (Å²) in [7, 11) is 0. The Labute approximate surface area is 149 Å². The van der Waals surface area contributed by atoms with E-state index >= 15 is 0 Å². The Morgan fingerprint density at radius 2 is 1.92 bits per heavy atom. The lowest BCUT2D eigenvalue weighted by Gasteiger charge is -2.04. The van der Waals surface area contributed by atoms with Gasteiger partial charge in [-0.2, -0.15) is 5.10 Å². The number of fused-ring (bicyclic) bond motifs is 2. The van der Waals surface area contributed by atoms with Crippen molar-refractivity contribution in [3.8, 4) is 11.1 Å². The Balaban J connectivity index is 1.57. The Bertz CT molecular complexity index is 1180. The van der Waals surface area contributed by atoms with Crippen LogP contribution in [0.3, 0.4) is 0 Å². The molecule has 0 saturated heterocycles. The summed E-state index contributed by atoms with van der Waals surface area (Å²) < 4.78 is 0. The number of hydrogen-bond acceptors (Lipinski definition) is 3. The molecule has 1 amide bonds. The number of carbonyl (C=O) groups is 1. The number of rotatable bonds is 2. The van der Waals surface area contributed by atoms with E-state index in [1.165, 1.54) is 0 Å². The van der Waals surface area contributed by atoms with Crippen LogP contribution in [0, 0.1) is 0 Å². The third-order valence-corrected chi connectivity index (χ3v) is 4.57. The molecule has 0 spiro atoms. The molecule has 2 N–H and O–H groups in total. The fourth-order valence-electron chi connectivity index (χ4n) is 3.26. The monoisotopic (exact) mass is 338 g/mol. The standard InChI is InChI=1S/C21H14N4O/c26-21-18(8-13-3-4-16-12-23-25-19(16)9-13)17-6-5-14(10-20(17)24-21)15-2-1-7-22-11-15/h1-12H,(H,23,25)(H,24,26). The number of anilines is 1. The molecular weight excluding hydrogens is 324 g/mol. The molecule has 26 heavy (non-hydrogen) atoms. The quantitative estimate of drug-likeness (QED) is 0.540. The average Bonchev–Trinajstić information content (AvgIpc) is 3.26. The molecule has 1 aliphatic heterocycles. The van der Waals surface area contributed by atoms with E-state index in [2.05, 4.69) is 20.5 Å². The van der Waals surface area contributed by atoms with Crippen LogP contribution in [0.15, 0.2) is 67.1 Å². The first-order valence-corrected chi connectivity index (χ1v) is 8.29. The van der Waals surface area contributed by atoms with Gasteiger partial charge in [0.15, 0.2) is 0 Å². The summed E-state index contributed by atoms with van der Waals surface area (Å²) in [6.45, 7) is 0. The van der Waals surface area contributed by atoms with Gasteiger partial charge in [-0.25, -0.2) is 0 Å². The highest BCUT2D eigenvalue weighted by Gasteiger charge is 2.24. The van der Waals surface area contributed by atoms with Gasteiger partial charge in [0.1, 0.15) is 0 Å². The van der Waals surface area contributed by atoms with Crippen LogP contribution in [0.1, 0.15) is 11.1 Å². The molecule has 2 aromatic carbocycles. The van der Waals surface area contributed by atoms with Crippen molar-refractivity contribution in [1.82, 2.24) is 15.2 Å². The van der Waals surface area contributed by atoms with Gasteiger partial charge in [0.2, 0.25) is 0 Å². The van der Waals surface area contributed by atoms with Crippen molar-refractivity contribution >= 4 is 34.1 Å². The molecule has 124 valence electrons. The van der Waals surface area contributed by atoms with Crippen LogP contribution in [0.4, 0.5) is 5.69 Å². The molecule has 1 aliphatic rings. The van der Waals surface area contributed by atoms with Gasteiger partial charge in [0, 0.05) is 40.2 Å². The largest absolute Gasteiger partial charge is 0.321 e. The molecule has 3 heterocycles. The minimum atomic E-state index is -0.0898. The molecule has 0 radical (unpaired) electrons. The zero-order chi connectivity index (χ0) is 17.5. The summed E-state index contributed by atoms with van der Waals surface area (Å²) in [6.07, 6.45) is 7.25. The van der Waals surface area contributed by atoms with Gasteiger partial charge >= 0.3 is 0 Å². The molecule has 5 rings (SSSR count). The van der Waals surface area contributed by atoms with Crippen LogP contribution in [0.25, 0.3) is 33.7 Å². The van der Waals surface area contributed by atoms with Gasteiger partial charge in [-0.1, -0.05) is 30.3 Å². The topological polar surface area (TPSA) is 70.7 Å². The number of aromatic amines is 1. The first-order chi connectivity index (χ1) is 12.8. The minimum Gasteiger partial charge on any atom is -0.321 e. The van der Waals surface area contributed by atoms with E-state index in [0.29, 0.717) is 5.57 Å². The predicted molar refractivity (Wildman–Crippen MR) is 102 cm³/mol. The van der Waals surface area contributed by atoms with E-state index in [1.54, 1.807) is 12.4 Å². The number of benzene rings is 2. The lowest BCUT2D eigenvalue weighted by atomic mass is 10.00. The molecule has 2 aromatic heterocycles. The number of hydrogen-bond donors (Lipinski definition) is 2. The summed E-state index contributed by atoms with van der Waals surface area (Å²) >= 11 is 0. The molecule has 0 unspecified atom stereocenters. The third-order valence-electron chi connectivity index (χ3n) is 4.57. The smallest absolute Gasteiger partial charge is 0.256 e. The second kappa shape index (κ2) is 5.67. The van der Waals surface area contributed by atoms with Gasteiger partial charge in [0.05, 0.1) is 11.7 Å². The number of nitrogens with one attached hydrogen (secondary N) is 2. The lowest BCUT2D eigenvalue weighted by Crippen LogP contribution is -2.03. The van der Waals surface area contributed by atoms with Crippen LogP contribution >= 0.6 is 0 Å². The first-order valence-electron chi connectivity index (χ1n) is 8.29.